The molecule has 1 rings (SSSR count). The summed E-state index contributed by atoms with van der Waals surface area (Å²) in [6.07, 6.45) is -7.80. The smallest absolute Gasteiger partial charge is 0.269 e. The van der Waals surface area contributed by atoms with E-state index >= 15 is 8.78 Å². The van der Waals surface area contributed by atoms with Crippen molar-refractivity contribution in [3.63, 3.8) is 0 Å². The number of rotatable bonds is 6. The Bertz CT molecular complexity index is 586. The molecule has 2 unspecified atom stereocenters. The lowest BCUT2D eigenvalue weighted by atomic mass is 9.66. The van der Waals surface area contributed by atoms with E-state index in [9.17, 15) is 35.1 Å². The van der Waals surface area contributed by atoms with Gasteiger partial charge in [0.05, 0.1) is 0 Å². The highest BCUT2D eigenvalue weighted by atomic mass is 19.3. The maximum absolute atomic E-state index is 15.3. The van der Waals surface area contributed by atoms with Crippen LogP contribution in [0.15, 0.2) is 0 Å². The van der Waals surface area contributed by atoms with Crippen molar-refractivity contribution in [2.45, 2.75) is 89.8 Å². The minimum atomic E-state index is -6.59. The quantitative estimate of drug-likeness (QED) is 0.432. The van der Waals surface area contributed by atoms with Crippen LogP contribution in [0, 0.1) is 10.8 Å². The van der Waals surface area contributed by atoms with E-state index in [0.717, 1.165) is 13.8 Å². The third-order valence-corrected chi connectivity index (χ3v) is 5.81. The average Bonchev–Trinajstić information content (AvgIpc) is 2.62. The molecule has 1 aliphatic rings. The lowest BCUT2D eigenvalue weighted by Gasteiger charge is -2.49. The molecule has 0 spiro atoms. The van der Waals surface area contributed by atoms with Crippen molar-refractivity contribution in [1.82, 2.24) is 0 Å². The molecule has 0 aromatic heterocycles. The van der Waals surface area contributed by atoms with Gasteiger partial charge in [0.1, 0.15) is 0 Å². The first-order chi connectivity index (χ1) is 11.6. The van der Waals surface area contributed by atoms with Crippen LogP contribution in [-0.4, -0.2) is 35.4 Å². The van der Waals surface area contributed by atoms with Gasteiger partial charge < -0.3 is 0 Å². The molecule has 0 aromatic rings. The first-order valence-electron chi connectivity index (χ1n) is 8.17. The van der Waals surface area contributed by atoms with Crippen molar-refractivity contribution in [2.24, 2.45) is 10.8 Å². The standard InChI is InChI=1S/C16H22F10O/c1-7-9(3,4)12(18,19)11(17)14(22,23)16(25,26)27-15(11,24)13(20,21)10(5,6)8-2/h7-8H2,1-6H3. The fourth-order valence-electron chi connectivity index (χ4n) is 2.74. The monoisotopic (exact) mass is 420 g/mol. The van der Waals surface area contributed by atoms with E-state index in [0.29, 0.717) is 27.7 Å². The van der Waals surface area contributed by atoms with E-state index in [4.69, 9.17) is 0 Å². The third-order valence-electron chi connectivity index (χ3n) is 5.81. The molecule has 1 saturated heterocycles. The normalized spacial score (nSPS) is 32.0. The van der Waals surface area contributed by atoms with Gasteiger partial charge in [-0.15, -0.1) is 0 Å². The molecule has 0 N–H and O–H groups in total. The molecular formula is C16H22F10O. The largest absolute Gasteiger partial charge is 0.426 e. The highest BCUT2D eigenvalue weighted by Crippen LogP contribution is 2.72. The van der Waals surface area contributed by atoms with Crippen LogP contribution in [0.25, 0.3) is 0 Å². The van der Waals surface area contributed by atoms with Crippen molar-refractivity contribution in [3.8, 4) is 0 Å². The Kier molecular flexibility index (Phi) is 5.30. The summed E-state index contributed by atoms with van der Waals surface area (Å²) >= 11 is 0. The summed E-state index contributed by atoms with van der Waals surface area (Å²) < 4.78 is 148. The zero-order valence-corrected chi connectivity index (χ0v) is 15.6. The molecular weight excluding hydrogens is 398 g/mol. The van der Waals surface area contributed by atoms with Crippen LogP contribution in [-0.2, 0) is 4.74 Å². The van der Waals surface area contributed by atoms with E-state index in [1.165, 1.54) is 0 Å². The fourth-order valence-corrected chi connectivity index (χ4v) is 2.74. The second-order valence-corrected chi connectivity index (χ2v) is 8.07. The average molecular weight is 420 g/mol. The Labute approximate surface area is 150 Å². The van der Waals surface area contributed by atoms with Crippen LogP contribution in [0.5, 0.6) is 0 Å². The van der Waals surface area contributed by atoms with Crippen LogP contribution >= 0.6 is 0 Å². The van der Waals surface area contributed by atoms with Gasteiger partial charge in [-0.05, 0) is 12.8 Å². The molecule has 1 fully saturated rings. The molecule has 1 nitrogen and oxygen atoms in total. The van der Waals surface area contributed by atoms with Gasteiger partial charge in [-0.25, -0.2) is 17.6 Å². The van der Waals surface area contributed by atoms with Crippen LogP contribution in [0.1, 0.15) is 54.4 Å². The van der Waals surface area contributed by atoms with Gasteiger partial charge in [0, 0.05) is 10.8 Å². The number of hydrogen-bond donors (Lipinski definition) is 0. The second kappa shape index (κ2) is 5.89. The van der Waals surface area contributed by atoms with Crippen LogP contribution in [0.4, 0.5) is 43.9 Å². The minimum absolute atomic E-state index is 0.477. The van der Waals surface area contributed by atoms with Crippen LogP contribution < -0.4 is 0 Å². The molecule has 162 valence electrons. The first-order valence-corrected chi connectivity index (χ1v) is 8.17. The summed E-state index contributed by atoms with van der Waals surface area (Å²) in [5.41, 5.74) is -12.0. The Balaban J connectivity index is 4.00. The SMILES string of the molecule is CCC(C)(C)C(F)(F)C1(F)OC(F)(F)C(F)(F)C1(F)C(F)(F)C(C)(C)CC. The molecule has 0 amide bonds. The summed E-state index contributed by atoms with van der Waals surface area (Å²) in [5, 5.41) is 0. The lowest BCUT2D eigenvalue weighted by Crippen LogP contribution is -2.75. The van der Waals surface area contributed by atoms with Gasteiger partial charge in [-0.3, -0.25) is 4.74 Å². The fraction of sp³-hybridized carbons (Fsp3) is 1.00. The predicted molar refractivity (Wildman–Crippen MR) is 76.7 cm³/mol. The molecule has 0 aliphatic carbocycles. The summed E-state index contributed by atoms with van der Waals surface area (Å²) in [5.74, 6) is -23.7. The van der Waals surface area contributed by atoms with Crippen molar-refractivity contribution >= 4 is 0 Å². The Hall–Kier alpha value is -0.740. The highest BCUT2D eigenvalue weighted by Gasteiger charge is 3.00. The van der Waals surface area contributed by atoms with Gasteiger partial charge in [-0.1, -0.05) is 41.5 Å². The number of halogens is 10. The van der Waals surface area contributed by atoms with Gasteiger partial charge in [0.2, 0.25) is 0 Å². The van der Waals surface area contributed by atoms with Crippen molar-refractivity contribution in [2.75, 3.05) is 0 Å². The van der Waals surface area contributed by atoms with Gasteiger partial charge in [0.15, 0.2) is 0 Å². The number of hydrogen-bond acceptors (Lipinski definition) is 1. The van der Waals surface area contributed by atoms with Crippen molar-refractivity contribution in [1.29, 1.82) is 0 Å². The highest BCUT2D eigenvalue weighted by molar-refractivity contribution is 5.26. The van der Waals surface area contributed by atoms with E-state index in [1.54, 1.807) is 0 Å². The van der Waals surface area contributed by atoms with Gasteiger partial charge in [-0.2, -0.15) is 26.3 Å². The van der Waals surface area contributed by atoms with Crippen molar-refractivity contribution in [3.05, 3.63) is 0 Å². The lowest BCUT2D eigenvalue weighted by molar-refractivity contribution is -0.402. The summed E-state index contributed by atoms with van der Waals surface area (Å²) in [4.78, 5) is 0. The Morgan fingerprint density at radius 1 is 0.667 bits per heavy atom. The molecule has 0 bridgehead atoms. The van der Waals surface area contributed by atoms with E-state index in [2.05, 4.69) is 4.74 Å². The second-order valence-electron chi connectivity index (χ2n) is 8.07. The molecule has 1 aliphatic heterocycles. The zero-order chi connectivity index (χ0) is 22.1. The maximum atomic E-state index is 15.3. The maximum Gasteiger partial charge on any atom is 0.426 e. The summed E-state index contributed by atoms with van der Waals surface area (Å²) in [6.45, 7) is 3.98. The van der Waals surface area contributed by atoms with Crippen LogP contribution in [0.2, 0.25) is 0 Å². The Morgan fingerprint density at radius 3 is 1.33 bits per heavy atom. The van der Waals surface area contributed by atoms with Crippen molar-refractivity contribution < 1.29 is 48.6 Å². The van der Waals surface area contributed by atoms with Gasteiger partial charge in [0.25, 0.3) is 5.92 Å². The number of alkyl halides is 10. The van der Waals surface area contributed by atoms with Crippen LogP contribution in [0.3, 0.4) is 0 Å². The predicted octanol–water partition coefficient (Wildman–Crippen LogP) is 6.76. The minimum Gasteiger partial charge on any atom is -0.269 e. The van der Waals surface area contributed by atoms with E-state index < -0.39 is 59.1 Å². The summed E-state index contributed by atoms with van der Waals surface area (Å²) in [6, 6.07) is 0. The molecule has 1 heterocycles. The third kappa shape index (κ3) is 2.48. The molecule has 0 aromatic carbocycles. The molecule has 11 heteroatoms. The van der Waals surface area contributed by atoms with E-state index in [1.807, 2.05) is 0 Å². The Morgan fingerprint density at radius 2 is 1.00 bits per heavy atom. The summed E-state index contributed by atoms with van der Waals surface area (Å²) in [7, 11) is 0. The topological polar surface area (TPSA) is 9.23 Å². The van der Waals surface area contributed by atoms with E-state index in [-0.39, 0.29) is 0 Å². The molecule has 0 saturated carbocycles. The first kappa shape index (κ1) is 24.3. The zero-order valence-electron chi connectivity index (χ0n) is 15.6. The van der Waals surface area contributed by atoms with Gasteiger partial charge >= 0.3 is 29.5 Å². The molecule has 27 heavy (non-hydrogen) atoms. The number of ether oxygens (including phenoxy) is 1. The molecule has 0 radical (unpaired) electrons. The molecule has 2 atom stereocenters.